The lowest BCUT2D eigenvalue weighted by molar-refractivity contribution is -0.111. The van der Waals surface area contributed by atoms with E-state index in [4.69, 9.17) is 16.0 Å². The van der Waals surface area contributed by atoms with Gasteiger partial charge in [-0.15, -0.1) is 0 Å². The summed E-state index contributed by atoms with van der Waals surface area (Å²) >= 11 is 6.29. The number of fused-ring (bicyclic) bond motifs is 1. The number of carbonyl (C=O) groups is 1. The van der Waals surface area contributed by atoms with Gasteiger partial charge in [0.1, 0.15) is 5.52 Å². The lowest BCUT2D eigenvalue weighted by Crippen LogP contribution is -2.07. The van der Waals surface area contributed by atoms with Gasteiger partial charge in [-0.1, -0.05) is 41.9 Å². The number of amides is 1. The highest BCUT2D eigenvalue weighted by molar-refractivity contribution is 6.33. The highest BCUT2D eigenvalue weighted by Gasteiger charge is 2.13. The van der Waals surface area contributed by atoms with Crippen molar-refractivity contribution in [1.29, 1.82) is 0 Å². The van der Waals surface area contributed by atoms with Gasteiger partial charge in [-0.2, -0.15) is 0 Å². The van der Waals surface area contributed by atoms with E-state index >= 15 is 0 Å². The van der Waals surface area contributed by atoms with Crippen molar-refractivity contribution in [2.24, 2.45) is 0 Å². The molecule has 0 fully saturated rings. The Labute approximate surface area is 160 Å². The van der Waals surface area contributed by atoms with Gasteiger partial charge in [0.25, 0.3) is 0 Å². The molecule has 1 amide bonds. The molecular weight excluding hydrogens is 362 g/mol. The summed E-state index contributed by atoms with van der Waals surface area (Å²) < 4.78 is 5.74. The number of carbonyl (C=O) groups excluding carboxylic acids is 1. The molecule has 2 aromatic heterocycles. The van der Waals surface area contributed by atoms with Crippen molar-refractivity contribution in [3.63, 3.8) is 0 Å². The number of nitrogens with one attached hydrogen (secondary N) is 1. The van der Waals surface area contributed by atoms with Gasteiger partial charge in [0.15, 0.2) is 5.58 Å². The second kappa shape index (κ2) is 7.43. The van der Waals surface area contributed by atoms with E-state index in [-0.39, 0.29) is 5.91 Å². The number of aromatic nitrogens is 2. The zero-order valence-electron chi connectivity index (χ0n) is 14.1. The molecule has 27 heavy (non-hydrogen) atoms. The first-order chi connectivity index (χ1) is 13.2. The van der Waals surface area contributed by atoms with E-state index in [2.05, 4.69) is 15.3 Å². The fourth-order valence-electron chi connectivity index (χ4n) is 2.58. The van der Waals surface area contributed by atoms with Crippen LogP contribution in [-0.2, 0) is 4.79 Å². The van der Waals surface area contributed by atoms with E-state index in [9.17, 15) is 4.79 Å². The van der Waals surface area contributed by atoms with Crippen LogP contribution in [0.25, 0.3) is 28.6 Å². The molecule has 2 aromatic carbocycles. The molecule has 0 atom stereocenters. The van der Waals surface area contributed by atoms with E-state index in [1.165, 1.54) is 6.08 Å². The Kier molecular flexibility index (Phi) is 4.68. The van der Waals surface area contributed by atoms with Crippen molar-refractivity contribution < 1.29 is 9.21 Å². The van der Waals surface area contributed by atoms with Gasteiger partial charge in [0.05, 0.1) is 16.8 Å². The van der Waals surface area contributed by atoms with Crippen LogP contribution in [0, 0.1) is 0 Å². The number of benzene rings is 2. The number of rotatable bonds is 4. The van der Waals surface area contributed by atoms with Crippen LogP contribution in [0.1, 0.15) is 5.56 Å². The predicted molar refractivity (Wildman–Crippen MR) is 106 cm³/mol. The minimum absolute atomic E-state index is 0.242. The lowest BCUT2D eigenvalue weighted by Gasteiger charge is -2.05. The summed E-state index contributed by atoms with van der Waals surface area (Å²) in [7, 11) is 0. The molecule has 5 nitrogen and oxygen atoms in total. The van der Waals surface area contributed by atoms with Gasteiger partial charge in [-0.25, -0.2) is 4.98 Å². The Morgan fingerprint density at radius 3 is 2.78 bits per heavy atom. The Morgan fingerprint density at radius 2 is 1.96 bits per heavy atom. The van der Waals surface area contributed by atoms with Crippen LogP contribution in [0.2, 0.25) is 5.02 Å². The zero-order chi connectivity index (χ0) is 18.6. The van der Waals surface area contributed by atoms with Crippen LogP contribution in [0.3, 0.4) is 0 Å². The quantitative estimate of drug-likeness (QED) is 0.498. The number of hydrogen-bond donors (Lipinski definition) is 1. The van der Waals surface area contributed by atoms with Crippen molar-refractivity contribution in [3.8, 4) is 11.5 Å². The van der Waals surface area contributed by atoms with E-state index in [1.54, 1.807) is 42.7 Å². The van der Waals surface area contributed by atoms with Crippen molar-refractivity contribution in [3.05, 3.63) is 83.7 Å². The topological polar surface area (TPSA) is 68.0 Å². The first-order valence-electron chi connectivity index (χ1n) is 8.24. The first kappa shape index (κ1) is 17.0. The van der Waals surface area contributed by atoms with Crippen LogP contribution in [0.5, 0.6) is 0 Å². The van der Waals surface area contributed by atoms with Gasteiger partial charge in [0.2, 0.25) is 11.8 Å². The number of oxazole rings is 1. The molecule has 0 saturated carbocycles. The van der Waals surface area contributed by atoms with Crippen LogP contribution in [-0.4, -0.2) is 15.9 Å². The molecule has 0 bridgehead atoms. The van der Waals surface area contributed by atoms with Gasteiger partial charge in [0, 0.05) is 24.0 Å². The molecule has 4 rings (SSSR count). The Hall–Kier alpha value is -3.44. The SMILES string of the molecule is O=C(C=Cc1ccccc1)Nc1ccc(Cl)c(-c2nc3cnccc3o2)c1. The molecule has 0 unspecified atom stereocenters. The van der Waals surface area contributed by atoms with Crippen molar-refractivity contribution in [1.82, 2.24) is 9.97 Å². The smallest absolute Gasteiger partial charge is 0.248 e. The van der Waals surface area contributed by atoms with Gasteiger partial charge in [-0.3, -0.25) is 9.78 Å². The number of anilines is 1. The molecule has 0 aliphatic heterocycles. The normalized spacial score (nSPS) is 11.1. The standard InChI is InChI=1S/C21H14ClN3O2/c22-17-8-7-15(24-20(26)9-6-14-4-2-1-3-5-14)12-16(17)21-25-18-13-23-11-10-19(18)27-21/h1-13H,(H,24,26). The Balaban J connectivity index is 1.57. The summed E-state index contributed by atoms with van der Waals surface area (Å²) in [6.07, 6.45) is 6.49. The molecule has 1 N–H and O–H groups in total. The molecule has 0 aliphatic carbocycles. The second-order valence-electron chi connectivity index (χ2n) is 5.79. The molecule has 6 heteroatoms. The maximum atomic E-state index is 12.2. The average molecular weight is 376 g/mol. The molecule has 4 aromatic rings. The average Bonchev–Trinajstić information content (AvgIpc) is 3.13. The number of pyridine rings is 1. The zero-order valence-corrected chi connectivity index (χ0v) is 14.9. The van der Waals surface area contributed by atoms with Gasteiger partial charge >= 0.3 is 0 Å². The highest BCUT2D eigenvalue weighted by Crippen LogP contribution is 2.32. The summed E-state index contributed by atoms with van der Waals surface area (Å²) in [4.78, 5) is 20.6. The van der Waals surface area contributed by atoms with E-state index in [1.807, 2.05) is 30.3 Å². The van der Waals surface area contributed by atoms with E-state index in [0.29, 0.717) is 33.3 Å². The minimum Gasteiger partial charge on any atom is -0.436 e. The van der Waals surface area contributed by atoms with Crippen LogP contribution < -0.4 is 5.32 Å². The summed E-state index contributed by atoms with van der Waals surface area (Å²) in [5.74, 6) is 0.132. The second-order valence-corrected chi connectivity index (χ2v) is 6.20. The molecule has 2 heterocycles. The van der Waals surface area contributed by atoms with Crippen LogP contribution in [0.15, 0.2) is 77.5 Å². The van der Waals surface area contributed by atoms with E-state index < -0.39 is 0 Å². The Morgan fingerprint density at radius 1 is 1.11 bits per heavy atom. The number of hydrogen-bond acceptors (Lipinski definition) is 4. The van der Waals surface area contributed by atoms with Crippen molar-refractivity contribution >= 4 is 40.4 Å². The van der Waals surface area contributed by atoms with Gasteiger partial charge < -0.3 is 9.73 Å². The maximum Gasteiger partial charge on any atom is 0.248 e. The number of nitrogens with zero attached hydrogens (tertiary/aromatic N) is 2. The maximum absolute atomic E-state index is 12.2. The Bertz CT molecular complexity index is 1100. The monoisotopic (exact) mass is 375 g/mol. The van der Waals surface area contributed by atoms with Gasteiger partial charge in [-0.05, 0) is 29.8 Å². The fourth-order valence-corrected chi connectivity index (χ4v) is 2.78. The van der Waals surface area contributed by atoms with Crippen LogP contribution >= 0.6 is 11.6 Å². The fraction of sp³-hybridized carbons (Fsp3) is 0. The number of halogens is 1. The summed E-state index contributed by atoms with van der Waals surface area (Å²) in [6, 6.07) is 16.5. The molecule has 0 saturated heterocycles. The third-order valence-electron chi connectivity index (χ3n) is 3.88. The third kappa shape index (κ3) is 3.88. The third-order valence-corrected chi connectivity index (χ3v) is 4.21. The van der Waals surface area contributed by atoms with Crippen molar-refractivity contribution in [2.45, 2.75) is 0 Å². The lowest BCUT2D eigenvalue weighted by atomic mass is 10.2. The minimum atomic E-state index is -0.242. The van der Waals surface area contributed by atoms with Crippen LogP contribution in [0.4, 0.5) is 5.69 Å². The molecule has 132 valence electrons. The molecular formula is C21H14ClN3O2. The highest BCUT2D eigenvalue weighted by atomic mass is 35.5. The molecule has 0 spiro atoms. The molecule has 0 aliphatic rings. The predicted octanol–water partition coefficient (Wildman–Crippen LogP) is 5.20. The summed E-state index contributed by atoms with van der Waals surface area (Å²) in [5, 5.41) is 3.30. The first-order valence-corrected chi connectivity index (χ1v) is 8.61. The molecule has 0 radical (unpaired) electrons. The largest absolute Gasteiger partial charge is 0.436 e. The summed E-state index contributed by atoms with van der Waals surface area (Å²) in [5.41, 5.74) is 3.40. The van der Waals surface area contributed by atoms with Crippen molar-refractivity contribution in [2.75, 3.05) is 5.32 Å². The summed E-state index contributed by atoms with van der Waals surface area (Å²) in [6.45, 7) is 0. The van der Waals surface area contributed by atoms with E-state index in [0.717, 1.165) is 5.56 Å².